The zero-order valence-electron chi connectivity index (χ0n) is 15.6. The minimum atomic E-state index is -0.0254. The van der Waals surface area contributed by atoms with Gasteiger partial charge in [-0.3, -0.25) is 9.59 Å². The van der Waals surface area contributed by atoms with E-state index < -0.39 is 0 Å². The van der Waals surface area contributed by atoms with Crippen LogP contribution in [0, 0.1) is 27.7 Å². The topological polar surface area (TPSA) is 34.1 Å². The second-order valence-corrected chi connectivity index (χ2v) is 6.86. The van der Waals surface area contributed by atoms with E-state index in [0.29, 0.717) is 22.3 Å². The highest BCUT2D eigenvalue weighted by Gasteiger charge is 2.15. The first-order valence-electron chi connectivity index (χ1n) is 8.71. The maximum absolute atomic E-state index is 12.8. The molecule has 0 aliphatic heterocycles. The number of carbonyl (C=O) groups excluding carboxylic acids is 2. The average molecular weight is 342 g/mol. The van der Waals surface area contributed by atoms with Gasteiger partial charge in [-0.2, -0.15) is 0 Å². The molecule has 0 aliphatic rings. The molecule has 0 aromatic heterocycles. The average Bonchev–Trinajstić information content (AvgIpc) is 2.62. The Morgan fingerprint density at radius 2 is 1.15 bits per heavy atom. The summed E-state index contributed by atoms with van der Waals surface area (Å²) >= 11 is 0. The number of hydrogen-bond donors (Lipinski definition) is 0. The quantitative estimate of drug-likeness (QED) is 0.596. The Morgan fingerprint density at radius 3 is 1.73 bits per heavy atom. The largest absolute Gasteiger partial charge is 0.289 e. The minimum Gasteiger partial charge on any atom is -0.289 e. The molecule has 2 nitrogen and oxygen atoms in total. The van der Waals surface area contributed by atoms with Crippen LogP contribution < -0.4 is 0 Å². The van der Waals surface area contributed by atoms with E-state index in [9.17, 15) is 9.59 Å². The maximum Gasteiger partial charge on any atom is 0.193 e. The molecular formula is C24H22O2. The van der Waals surface area contributed by atoms with Gasteiger partial charge in [-0.05, 0) is 51.0 Å². The summed E-state index contributed by atoms with van der Waals surface area (Å²) in [6.07, 6.45) is 0. The summed E-state index contributed by atoms with van der Waals surface area (Å²) in [6.45, 7) is 7.92. The fourth-order valence-electron chi connectivity index (χ4n) is 3.20. The molecule has 0 radical (unpaired) electrons. The minimum absolute atomic E-state index is 0.0170. The van der Waals surface area contributed by atoms with E-state index in [0.717, 1.165) is 22.3 Å². The number of aryl methyl sites for hydroxylation is 3. The van der Waals surface area contributed by atoms with Gasteiger partial charge in [0, 0.05) is 22.3 Å². The van der Waals surface area contributed by atoms with Gasteiger partial charge in [-0.1, -0.05) is 59.7 Å². The van der Waals surface area contributed by atoms with E-state index >= 15 is 0 Å². The fraction of sp³-hybridized carbons (Fsp3) is 0.167. The number of rotatable bonds is 4. The van der Waals surface area contributed by atoms with Crippen molar-refractivity contribution < 1.29 is 9.59 Å². The smallest absolute Gasteiger partial charge is 0.193 e. The highest BCUT2D eigenvalue weighted by Crippen LogP contribution is 2.19. The molecule has 130 valence electrons. The summed E-state index contributed by atoms with van der Waals surface area (Å²) in [5.74, 6) is -0.0425. The first-order valence-corrected chi connectivity index (χ1v) is 8.71. The third kappa shape index (κ3) is 3.50. The van der Waals surface area contributed by atoms with Crippen molar-refractivity contribution in [1.29, 1.82) is 0 Å². The van der Waals surface area contributed by atoms with Crippen LogP contribution in [-0.4, -0.2) is 11.6 Å². The highest BCUT2D eigenvalue weighted by molar-refractivity contribution is 6.12. The summed E-state index contributed by atoms with van der Waals surface area (Å²) in [7, 11) is 0. The molecule has 0 saturated carbocycles. The lowest BCUT2D eigenvalue weighted by Crippen LogP contribution is -2.06. The van der Waals surface area contributed by atoms with E-state index in [1.807, 2.05) is 64.1 Å². The zero-order valence-corrected chi connectivity index (χ0v) is 15.6. The number of benzene rings is 3. The first-order chi connectivity index (χ1) is 12.4. The summed E-state index contributed by atoms with van der Waals surface area (Å²) < 4.78 is 0. The van der Waals surface area contributed by atoms with Gasteiger partial charge in [-0.25, -0.2) is 0 Å². The molecule has 0 amide bonds. The molecule has 0 unspecified atom stereocenters. The summed E-state index contributed by atoms with van der Waals surface area (Å²) in [6, 6.07) is 18.5. The van der Waals surface area contributed by atoms with Crippen LogP contribution in [0.25, 0.3) is 0 Å². The van der Waals surface area contributed by atoms with Crippen LogP contribution in [0.4, 0.5) is 0 Å². The van der Waals surface area contributed by atoms with Gasteiger partial charge in [0.15, 0.2) is 11.6 Å². The van der Waals surface area contributed by atoms with Crippen LogP contribution in [0.1, 0.15) is 54.1 Å². The number of hydrogen-bond acceptors (Lipinski definition) is 2. The monoisotopic (exact) mass is 342 g/mol. The van der Waals surface area contributed by atoms with E-state index in [1.165, 1.54) is 0 Å². The van der Waals surface area contributed by atoms with Crippen LogP contribution in [0.5, 0.6) is 0 Å². The molecule has 3 rings (SSSR count). The Morgan fingerprint density at radius 1 is 0.615 bits per heavy atom. The van der Waals surface area contributed by atoms with E-state index in [4.69, 9.17) is 0 Å². The van der Waals surface area contributed by atoms with Crippen molar-refractivity contribution in [3.8, 4) is 0 Å². The van der Waals surface area contributed by atoms with Crippen molar-refractivity contribution >= 4 is 11.6 Å². The Hall–Kier alpha value is -3.00. The standard InChI is InChI=1S/C24H22O2/c1-15-12-16(2)14-21(13-15)23(25)19-8-10-20(11-9-19)24(26)22-7-5-6-17(3)18(22)4/h5-14H,1-4H3. The third-order valence-electron chi connectivity index (χ3n) is 4.74. The van der Waals surface area contributed by atoms with Gasteiger partial charge in [0.2, 0.25) is 0 Å². The molecular weight excluding hydrogens is 320 g/mol. The van der Waals surface area contributed by atoms with Gasteiger partial charge < -0.3 is 0 Å². The first kappa shape index (κ1) is 17.8. The van der Waals surface area contributed by atoms with Crippen molar-refractivity contribution in [2.45, 2.75) is 27.7 Å². The van der Waals surface area contributed by atoms with Crippen LogP contribution in [0.15, 0.2) is 60.7 Å². The van der Waals surface area contributed by atoms with E-state index in [2.05, 4.69) is 0 Å². The van der Waals surface area contributed by atoms with Crippen molar-refractivity contribution in [3.05, 3.63) is 105 Å². The molecule has 0 atom stereocenters. The molecule has 2 heteroatoms. The fourth-order valence-corrected chi connectivity index (χ4v) is 3.20. The van der Waals surface area contributed by atoms with Gasteiger partial charge in [0.05, 0.1) is 0 Å². The molecule has 0 spiro atoms. The Balaban J connectivity index is 1.89. The third-order valence-corrected chi connectivity index (χ3v) is 4.74. The lowest BCUT2D eigenvalue weighted by molar-refractivity contribution is 0.102. The van der Waals surface area contributed by atoms with Crippen LogP contribution >= 0.6 is 0 Å². The van der Waals surface area contributed by atoms with E-state index in [-0.39, 0.29) is 11.6 Å². The van der Waals surface area contributed by atoms with Crippen molar-refractivity contribution in [3.63, 3.8) is 0 Å². The Kier molecular flexibility index (Phi) is 4.85. The summed E-state index contributed by atoms with van der Waals surface area (Å²) in [4.78, 5) is 25.5. The Labute approximate surface area is 154 Å². The predicted octanol–water partition coefficient (Wildman–Crippen LogP) is 5.38. The van der Waals surface area contributed by atoms with Crippen LogP contribution in [-0.2, 0) is 0 Å². The highest BCUT2D eigenvalue weighted by atomic mass is 16.1. The van der Waals surface area contributed by atoms with Gasteiger partial charge in [0.25, 0.3) is 0 Å². The number of ketones is 2. The van der Waals surface area contributed by atoms with Gasteiger partial charge >= 0.3 is 0 Å². The summed E-state index contributed by atoms with van der Waals surface area (Å²) in [5, 5.41) is 0. The number of carbonyl (C=O) groups is 2. The van der Waals surface area contributed by atoms with Gasteiger partial charge in [-0.15, -0.1) is 0 Å². The zero-order chi connectivity index (χ0) is 18.8. The van der Waals surface area contributed by atoms with Crippen molar-refractivity contribution in [1.82, 2.24) is 0 Å². The lowest BCUT2D eigenvalue weighted by Gasteiger charge is -2.09. The SMILES string of the molecule is Cc1cc(C)cc(C(=O)c2ccc(C(=O)c3cccc(C)c3C)cc2)c1. The van der Waals surface area contributed by atoms with Crippen molar-refractivity contribution in [2.24, 2.45) is 0 Å². The Bertz CT molecular complexity index is 975. The molecule has 0 fully saturated rings. The lowest BCUT2D eigenvalue weighted by atomic mass is 9.94. The predicted molar refractivity (Wildman–Crippen MR) is 105 cm³/mol. The second kappa shape index (κ2) is 7.09. The molecule has 0 heterocycles. The molecule has 0 bridgehead atoms. The maximum atomic E-state index is 12.8. The van der Waals surface area contributed by atoms with Crippen LogP contribution in [0.2, 0.25) is 0 Å². The van der Waals surface area contributed by atoms with Crippen LogP contribution in [0.3, 0.4) is 0 Å². The normalized spacial score (nSPS) is 10.6. The second-order valence-electron chi connectivity index (χ2n) is 6.86. The molecule has 0 saturated heterocycles. The van der Waals surface area contributed by atoms with E-state index in [1.54, 1.807) is 24.3 Å². The molecule has 0 aliphatic carbocycles. The summed E-state index contributed by atoms with van der Waals surface area (Å²) in [5.41, 5.74) is 6.79. The molecule has 0 N–H and O–H groups in total. The van der Waals surface area contributed by atoms with Gasteiger partial charge in [0.1, 0.15) is 0 Å². The molecule has 3 aromatic carbocycles. The molecule has 26 heavy (non-hydrogen) atoms. The molecule has 3 aromatic rings. The van der Waals surface area contributed by atoms with Crippen molar-refractivity contribution in [2.75, 3.05) is 0 Å².